The standard InChI is InChI=1S/C19H25N3O2/c1-14(23)16-4-2-10-21(13-16)18-5-3-11-22(19(18)24)17-8-6-15(12-20)7-9-17/h6-9,14,16,18,23H,2-5,10-11,13H2,1H3/t14-,16-,18+/m0/s1. The molecule has 0 spiro atoms. The van der Waals surface area contributed by atoms with E-state index in [0.717, 1.165) is 51.0 Å². The average molecular weight is 327 g/mol. The van der Waals surface area contributed by atoms with E-state index in [0.29, 0.717) is 5.56 Å². The molecule has 128 valence electrons. The molecule has 0 bridgehead atoms. The van der Waals surface area contributed by atoms with Crippen molar-refractivity contribution in [2.45, 2.75) is 44.8 Å². The van der Waals surface area contributed by atoms with Crippen LogP contribution >= 0.6 is 0 Å². The summed E-state index contributed by atoms with van der Waals surface area (Å²) in [4.78, 5) is 17.1. The molecule has 5 heteroatoms. The van der Waals surface area contributed by atoms with Gasteiger partial charge < -0.3 is 10.0 Å². The van der Waals surface area contributed by atoms with Crippen LogP contribution in [-0.4, -0.2) is 47.7 Å². The highest BCUT2D eigenvalue weighted by molar-refractivity contribution is 5.98. The number of nitriles is 1. The molecule has 0 aliphatic carbocycles. The molecule has 0 radical (unpaired) electrons. The Balaban J connectivity index is 1.73. The summed E-state index contributed by atoms with van der Waals surface area (Å²) in [5, 5.41) is 18.8. The van der Waals surface area contributed by atoms with E-state index < -0.39 is 0 Å². The first-order valence-electron chi connectivity index (χ1n) is 8.84. The average Bonchev–Trinajstić information content (AvgIpc) is 2.62. The third-order valence-corrected chi connectivity index (χ3v) is 5.33. The van der Waals surface area contributed by atoms with Gasteiger partial charge in [-0.3, -0.25) is 9.69 Å². The maximum Gasteiger partial charge on any atom is 0.244 e. The summed E-state index contributed by atoms with van der Waals surface area (Å²) in [6.07, 6.45) is 3.62. The molecule has 3 atom stereocenters. The number of rotatable bonds is 3. The van der Waals surface area contributed by atoms with Gasteiger partial charge in [-0.05, 0) is 69.3 Å². The molecule has 0 unspecified atom stereocenters. The summed E-state index contributed by atoms with van der Waals surface area (Å²) >= 11 is 0. The highest BCUT2D eigenvalue weighted by Gasteiger charge is 2.36. The van der Waals surface area contributed by atoms with Gasteiger partial charge in [-0.15, -0.1) is 0 Å². The van der Waals surface area contributed by atoms with Gasteiger partial charge in [-0.2, -0.15) is 5.26 Å². The van der Waals surface area contributed by atoms with Gasteiger partial charge in [0.05, 0.1) is 23.8 Å². The Morgan fingerprint density at radius 1 is 1.21 bits per heavy atom. The summed E-state index contributed by atoms with van der Waals surface area (Å²) in [5.74, 6) is 0.411. The number of carbonyl (C=O) groups excluding carboxylic acids is 1. The Hall–Kier alpha value is -1.90. The maximum atomic E-state index is 13.0. The lowest BCUT2D eigenvalue weighted by atomic mass is 9.90. The van der Waals surface area contributed by atoms with Gasteiger partial charge in [0.25, 0.3) is 0 Å². The van der Waals surface area contributed by atoms with Crippen molar-refractivity contribution in [2.75, 3.05) is 24.5 Å². The number of aliphatic hydroxyl groups is 1. The van der Waals surface area contributed by atoms with E-state index in [1.807, 2.05) is 24.0 Å². The third kappa shape index (κ3) is 3.45. The lowest BCUT2D eigenvalue weighted by molar-refractivity contribution is -0.126. The van der Waals surface area contributed by atoms with Gasteiger partial charge in [-0.1, -0.05) is 0 Å². The van der Waals surface area contributed by atoms with Crippen LogP contribution in [0, 0.1) is 17.2 Å². The predicted octanol–water partition coefficient (Wildman–Crippen LogP) is 2.15. The number of hydrogen-bond acceptors (Lipinski definition) is 4. The molecule has 2 fully saturated rings. The number of nitrogens with zero attached hydrogens (tertiary/aromatic N) is 3. The highest BCUT2D eigenvalue weighted by Crippen LogP contribution is 2.28. The molecule has 0 saturated carbocycles. The third-order valence-electron chi connectivity index (χ3n) is 5.33. The summed E-state index contributed by atoms with van der Waals surface area (Å²) < 4.78 is 0. The van der Waals surface area contributed by atoms with Gasteiger partial charge in [0.2, 0.25) is 5.91 Å². The van der Waals surface area contributed by atoms with Crippen molar-refractivity contribution in [1.29, 1.82) is 5.26 Å². The van der Waals surface area contributed by atoms with E-state index >= 15 is 0 Å². The minimum absolute atomic E-state index is 0.0871. The topological polar surface area (TPSA) is 67.6 Å². The van der Waals surface area contributed by atoms with E-state index in [4.69, 9.17) is 5.26 Å². The Morgan fingerprint density at radius 2 is 1.92 bits per heavy atom. The fraction of sp³-hybridized carbons (Fsp3) is 0.579. The number of piperidine rings is 2. The molecule has 2 aliphatic rings. The molecular weight excluding hydrogens is 302 g/mol. The van der Waals surface area contributed by atoms with E-state index in [1.54, 1.807) is 12.1 Å². The number of benzene rings is 1. The minimum Gasteiger partial charge on any atom is -0.393 e. The van der Waals surface area contributed by atoms with E-state index in [9.17, 15) is 9.90 Å². The first-order valence-corrected chi connectivity index (χ1v) is 8.84. The van der Waals surface area contributed by atoms with Crippen LogP contribution in [0.1, 0.15) is 38.2 Å². The molecule has 0 aromatic heterocycles. The zero-order valence-electron chi connectivity index (χ0n) is 14.2. The molecule has 2 heterocycles. The first kappa shape index (κ1) is 16.9. The van der Waals surface area contributed by atoms with Crippen LogP contribution in [0.4, 0.5) is 5.69 Å². The predicted molar refractivity (Wildman–Crippen MR) is 92.5 cm³/mol. The Kier molecular flexibility index (Phi) is 5.17. The van der Waals surface area contributed by atoms with Gasteiger partial charge in [0, 0.05) is 18.8 Å². The molecule has 1 aromatic carbocycles. The van der Waals surface area contributed by atoms with Crippen molar-refractivity contribution in [3.8, 4) is 6.07 Å². The normalized spacial score (nSPS) is 26.9. The number of anilines is 1. The van der Waals surface area contributed by atoms with Crippen LogP contribution in [0.2, 0.25) is 0 Å². The molecule has 1 amide bonds. The van der Waals surface area contributed by atoms with E-state index in [-0.39, 0.29) is 24.0 Å². The zero-order chi connectivity index (χ0) is 17.1. The van der Waals surface area contributed by atoms with Gasteiger partial charge in [-0.25, -0.2) is 0 Å². The maximum absolute atomic E-state index is 13.0. The fourth-order valence-electron chi connectivity index (χ4n) is 3.88. The van der Waals surface area contributed by atoms with Crippen LogP contribution in [0.15, 0.2) is 24.3 Å². The van der Waals surface area contributed by atoms with Crippen LogP contribution in [-0.2, 0) is 4.79 Å². The van der Waals surface area contributed by atoms with E-state index in [2.05, 4.69) is 11.0 Å². The summed E-state index contributed by atoms with van der Waals surface area (Å²) in [6, 6.07) is 9.25. The van der Waals surface area contributed by atoms with Crippen LogP contribution in [0.5, 0.6) is 0 Å². The van der Waals surface area contributed by atoms with Crippen molar-refractivity contribution in [3.63, 3.8) is 0 Å². The molecule has 1 aromatic rings. The van der Waals surface area contributed by atoms with Crippen molar-refractivity contribution < 1.29 is 9.90 Å². The van der Waals surface area contributed by atoms with Crippen molar-refractivity contribution >= 4 is 11.6 Å². The first-order chi connectivity index (χ1) is 11.6. The molecule has 24 heavy (non-hydrogen) atoms. The van der Waals surface area contributed by atoms with Crippen LogP contribution < -0.4 is 4.90 Å². The molecule has 2 aliphatic heterocycles. The largest absolute Gasteiger partial charge is 0.393 e. The van der Waals surface area contributed by atoms with Gasteiger partial charge in [0.1, 0.15) is 0 Å². The summed E-state index contributed by atoms with van der Waals surface area (Å²) in [5.41, 5.74) is 1.48. The van der Waals surface area contributed by atoms with Crippen LogP contribution in [0.3, 0.4) is 0 Å². The molecular formula is C19H25N3O2. The second-order valence-electron chi connectivity index (χ2n) is 6.94. The van der Waals surface area contributed by atoms with Crippen molar-refractivity contribution in [2.24, 2.45) is 5.92 Å². The molecule has 5 nitrogen and oxygen atoms in total. The van der Waals surface area contributed by atoms with Gasteiger partial charge >= 0.3 is 0 Å². The smallest absolute Gasteiger partial charge is 0.244 e. The van der Waals surface area contributed by atoms with Crippen molar-refractivity contribution in [3.05, 3.63) is 29.8 Å². The highest BCUT2D eigenvalue weighted by atomic mass is 16.3. The Labute approximate surface area is 143 Å². The van der Waals surface area contributed by atoms with E-state index in [1.165, 1.54) is 0 Å². The molecule has 2 saturated heterocycles. The Morgan fingerprint density at radius 3 is 2.58 bits per heavy atom. The molecule has 3 rings (SSSR count). The Bertz CT molecular complexity index is 620. The number of hydrogen-bond donors (Lipinski definition) is 1. The lowest BCUT2D eigenvalue weighted by Crippen LogP contribution is -2.55. The zero-order valence-corrected chi connectivity index (χ0v) is 14.2. The monoisotopic (exact) mass is 327 g/mol. The minimum atomic E-state index is -0.318. The number of amides is 1. The van der Waals surface area contributed by atoms with Crippen molar-refractivity contribution in [1.82, 2.24) is 4.90 Å². The quantitative estimate of drug-likeness (QED) is 0.924. The van der Waals surface area contributed by atoms with Crippen LogP contribution in [0.25, 0.3) is 0 Å². The number of carbonyl (C=O) groups is 1. The fourth-order valence-corrected chi connectivity index (χ4v) is 3.88. The molecule has 1 N–H and O–H groups in total. The second-order valence-corrected chi connectivity index (χ2v) is 6.94. The summed E-state index contributed by atoms with van der Waals surface area (Å²) in [6.45, 7) is 4.31. The lowest BCUT2D eigenvalue weighted by Gasteiger charge is -2.42. The summed E-state index contributed by atoms with van der Waals surface area (Å²) in [7, 11) is 0. The number of likely N-dealkylation sites (tertiary alicyclic amines) is 1. The SMILES string of the molecule is C[C@H](O)[C@H]1CCCN([C@@H]2CCCN(c3ccc(C#N)cc3)C2=O)C1. The second kappa shape index (κ2) is 7.33. The van der Waals surface area contributed by atoms with Gasteiger partial charge in [0.15, 0.2) is 0 Å². The number of aliphatic hydroxyl groups excluding tert-OH is 1.